The Morgan fingerprint density at radius 1 is 1.31 bits per heavy atom. The summed E-state index contributed by atoms with van der Waals surface area (Å²) in [5.41, 5.74) is 1.22. The summed E-state index contributed by atoms with van der Waals surface area (Å²) < 4.78 is 0. The number of likely N-dealkylation sites (N-methyl/N-ethyl adjacent to an activating group) is 1. The van der Waals surface area contributed by atoms with Crippen LogP contribution in [0, 0.1) is 0 Å². The van der Waals surface area contributed by atoms with Crippen LogP contribution in [0.25, 0.3) is 6.08 Å². The van der Waals surface area contributed by atoms with Gasteiger partial charge in [-0.3, -0.25) is 4.90 Å². The van der Waals surface area contributed by atoms with Gasteiger partial charge >= 0.3 is 0 Å². The lowest BCUT2D eigenvalue weighted by Gasteiger charge is -2.24. The summed E-state index contributed by atoms with van der Waals surface area (Å²) in [4.78, 5) is 2.24. The van der Waals surface area contributed by atoms with E-state index >= 15 is 0 Å². The van der Waals surface area contributed by atoms with Gasteiger partial charge in [0.05, 0.1) is 6.61 Å². The largest absolute Gasteiger partial charge is 0.395 e. The van der Waals surface area contributed by atoms with Gasteiger partial charge in [0.15, 0.2) is 0 Å². The van der Waals surface area contributed by atoms with Crippen LogP contribution < -0.4 is 0 Å². The van der Waals surface area contributed by atoms with Crippen molar-refractivity contribution in [2.75, 3.05) is 19.7 Å². The molecule has 0 saturated heterocycles. The summed E-state index contributed by atoms with van der Waals surface area (Å²) >= 11 is 0. The minimum absolute atomic E-state index is 0.215. The molecule has 0 aliphatic carbocycles. The van der Waals surface area contributed by atoms with Gasteiger partial charge in [0.25, 0.3) is 0 Å². The molecule has 0 fully saturated rings. The van der Waals surface area contributed by atoms with E-state index in [1.165, 1.54) is 5.56 Å². The number of benzene rings is 1. The van der Waals surface area contributed by atoms with Crippen LogP contribution in [-0.4, -0.2) is 35.7 Å². The smallest absolute Gasteiger partial charge is 0.0584 e. The topological polar surface area (TPSA) is 23.5 Å². The molecule has 1 aromatic carbocycles. The van der Waals surface area contributed by atoms with Crippen LogP contribution in [0.3, 0.4) is 0 Å². The summed E-state index contributed by atoms with van der Waals surface area (Å²) in [5.74, 6) is 0. The van der Waals surface area contributed by atoms with E-state index in [1.807, 2.05) is 25.1 Å². The lowest BCUT2D eigenvalue weighted by atomic mass is 10.2. The minimum Gasteiger partial charge on any atom is -0.395 e. The first-order valence-electron chi connectivity index (χ1n) is 5.84. The molecule has 0 spiro atoms. The second kappa shape index (κ2) is 7.20. The molecular weight excluding hydrogens is 198 g/mol. The molecule has 1 atom stereocenters. The van der Waals surface area contributed by atoms with Gasteiger partial charge < -0.3 is 5.11 Å². The summed E-state index contributed by atoms with van der Waals surface area (Å²) in [6, 6.07) is 10.5. The number of rotatable bonds is 6. The fourth-order valence-electron chi connectivity index (χ4n) is 1.62. The Hall–Kier alpha value is -1.12. The predicted molar refractivity (Wildman–Crippen MR) is 69.3 cm³/mol. The van der Waals surface area contributed by atoms with Gasteiger partial charge in [-0.1, -0.05) is 49.4 Å². The summed E-state index contributed by atoms with van der Waals surface area (Å²) in [6.07, 6.45) is 4.26. The SMILES string of the molecule is CCN(C/C=C/c1ccccc1)[C@H](C)CO. The highest BCUT2D eigenvalue weighted by molar-refractivity contribution is 5.48. The maximum absolute atomic E-state index is 9.09. The van der Waals surface area contributed by atoms with Gasteiger partial charge in [-0.2, -0.15) is 0 Å². The molecule has 1 N–H and O–H groups in total. The van der Waals surface area contributed by atoms with E-state index < -0.39 is 0 Å². The Bertz CT molecular complexity index is 308. The number of hydrogen-bond acceptors (Lipinski definition) is 2. The van der Waals surface area contributed by atoms with Crippen molar-refractivity contribution in [1.29, 1.82) is 0 Å². The van der Waals surface area contributed by atoms with Crippen molar-refractivity contribution < 1.29 is 5.11 Å². The van der Waals surface area contributed by atoms with Gasteiger partial charge in [-0.25, -0.2) is 0 Å². The Morgan fingerprint density at radius 3 is 2.56 bits per heavy atom. The van der Waals surface area contributed by atoms with Crippen molar-refractivity contribution in [3.63, 3.8) is 0 Å². The second-order valence-corrected chi connectivity index (χ2v) is 3.93. The van der Waals surface area contributed by atoms with Crippen molar-refractivity contribution >= 4 is 6.08 Å². The zero-order chi connectivity index (χ0) is 11.8. The lowest BCUT2D eigenvalue weighted by molar-refractivity contribution is 0.151. The van der Waals surface area contributed by atoms with Crippen LogP contribution >= 0.6 is 0 Å². The Kier molecular flexibility index (Phi) is 5.83. The molecule has 0 aromatic heterocycles. The van der Waals surface area contributed by atoms with Crippen LogP contribution in [0.2, 0.25) is 0 Å². The number of hydrogen-bond donors (Lipinski definition) is 1. The second-order valence-electron chi connectivity index (χ2n) is 3.93. The zero-order valence-corrected chi connectivity index (χ0v) is 10.1. The minimum atomic E-state index is 0.215. The van der Waals surface area contributed by atoms with E-state index in [9.17, 15) is 0 Å². The van der Waals surface area contributed by atoms with Crippen LogP contribution in [0.15, 0.2) is 36.4 Å². The molecule has 0 unspecified atom stereocenters. The number of nitrogens with zero attached hydrogens (tertiary/aromatic N) is 1. The van der Waals surface area contributed by atoms with Crippen molar-refractivity contribution in [2.45, 2.75) is 19.9 Å². The predicted octanol–water partition coefficient (Wildman–Crippen LogP) is 2.40. The van der Waals surface area contributed by atoms with Crippen molar-refractivity contribution in [3.8, 4) is 0 Å². The van der Waals surface area contributed by atoms with Crippen LogP contribution in [0.5, 0.6) is 0 Å². The summed E-state index contributed by atoms with van der Waals surface area (Å²) in [6.45, 7) is 6.21. The van der Waals surface area contributed by atoms with E-state index in [4.69, 9.17) is 5.11 Å². The van der Waals surface area contributed by atoms with Crippen LogP contribution in [-0.2, 0) is 0 Å². The van der Waals surface area contributed by atoms with Crippen LogP contribution in [0.1, 0.15) is 19.4 Å². The Labute approximate surface area is 98.2 Å². The first-order chi connectivity index (χ1) is 7.77. The monoisotopic (exact) mass is 219 g/mol. The maximum atomic E-state index is 9.09. The first-order valence-corrected chi connectivity index (χ1v) is 5.84. The molecule has 2 nitrogen and oxygen atoms in total. The van der Waals surface area contributed by atoms with Crippen molar-refractivity contribution in [3.05, 3.63) is 42.0 Å². The van der Waals surface area contributed by atoms with E-state index in [-0.39, 0.29) is 12.6 Å². The quantitative estimate of drug-likeness (QED) is 0.794. The highest BCUT2D eigenvalue weighted by atomic mass is 16.3. The highest BCUT2D eigenvalue weighted by Crippen LogP contribution is 2.03. The Balaban J connectivity index is 2.46. The third kappa shape index (κ3) is 4.17. The van der Waals surface area contributed by atoms with E-state index in [1.54, 1.807) is 0 Å². The third-order valence-corrected chi connectivity index (χ3v) is 2.74. The van der Waals surface area contributed by atoms with Gasteiger partial charge in [0.2, 0.25) is 0 Å². The molecule has 0 heterocycles. The van der Waals surface area contributed by atoms with E-state index in [2.05, 4.69) is 36.1 Å². The van der Waals surface area contributed by atoms with Gasteiger partial charge in [-0.15, -0.1) is 0 Å². The average molecular weight is 219 g/mol. The molecular formula is C14H21NO. The molecule has 0 aliphatic rings. The van der Waals surface area contributed by atoms with Crippen molar-refractivity contribution in [1.82, 2.24) is 4.90 Å². The molecule has 0 amide bonds. The molecule has 2 heteroatoms. The highest BCUT2D eigenvalue weighted by Gasteiger charge is 2.07. The third-order valence-electron chi connectivity index (χ3n) is 2.74. The van der Waals surface area contributed by atoms with E-state index in [0.29, 0.717) is 0 Å². The van der Waals surface area contributed by atoms with Crippen LogP contribution in [0.4, 0.5) is 0 Å². The van der Waals surface area contributed by atoms with Gasteiger partial charge in [0, 0.05) is 12.6 Å². The molecule has 1 aromatic rings. The molecule has 16 heavy (non-hydrogen) atoms. The summed E-state index contributed by atoms with van der Waals surface area (Å²) in [7, 11) is 0. The molecule has 0 radical (unpaired) electrons. The fourth-order valence-corrected chi connectivity index (χ4v) is 1.62. The normalized spacial score (nSPS) is 13.5. The Morgan fingerprint density at radius 2 is 2.00 bits per heavy atom. The lowest BCUT2D eigenvalue weighted by Crippen LogP contribution is -2.35. The molecule has 88 valence electrons. The number of aliphatic hydroxyl groups excluding tert-OH is 1. The van der Waals surface area contributed by atoms with Gasteiger partial charge in [0.1, 0.15) is 0 Å². The first kappa shape index (κ1) is 12.9. The van der Waals surface area contributed by atoms with E-state index in [0.717, 1.165) is 13.1 Å². The number of aliphatic hydroxyl groups is 1. The molecule has 0 bridgehead atoms. The van der Waals surface area contributed by atoms with Gasteiger partial charge in [-0.05, 0) is 19.0 Å². The standard InChI is InChI=1S/C14H21NO/c1-3-15(13(2)12-16)11-7-10-14-8-5-4-6-9-14/h4-10,13,16H,3,11-12H2,1-2H3/b10-7+/t13-/m1/s1. The summed E-state index contributed by atoms with van der Waals surface area (Å²) in [5, 5.41) is 9.09. The average Bonchev–Trinajstić information content (AvgIpc) is 2.35. The van der Waals surface area contributed by atoms with Crippen molar-refractivity contribution in [2.24, 2.45) is 0 Å². The molecule has 0 aliphatic heterocycles. The zero-order valence-electron chi connectivity index (χ0n) is 10.1. The maximum Gasteiger partial charge on any atom is 0.0584 e. The fraction of sp³-hybridized carbons (Fsp3) is 0.429. The molecule has 1 rings (SSSR count). The molecule has 0 saturated carbocycles.